The zero-order chi connectivity index (χ0) is 17.1. The van der Waals surface area contributed by atoms with Crippen LogP contribution in [0.5, 0.6) is 0 Å². The second-order valence-corrected chi connectivity index (χ2v) is 5.12. The van der Waals surface area contributed by atoms with Crippen LogP contribution in [-0.4, -0.2) is 23.6 Å². The number of hydrogen-bond acceptors (Lipinski definition) is 4. The van der Waals surface area contributed by atoms with Crippen LogP contribution in [0.3, 0.4) is 0 Å². The monoisotopic (exact) mass is 329 g/mol. The lowest BCUT2D eigenvalue weighted by molar-refractivity contribution is 0.0502. The standard InChI is InChI=1S/C17H16FN3O3/c1-2-24-17(23)20-21-15(11-7-3-5-9-13(11)18)19-14-10-6-4-8-12(14)16(21)22/h3-10,15,19H,2H2,1H3,(H,20,23)/t15-/m1/s1. The summed E-state index contributed by atoms with van der Waals surface area (Å²) in [6.07, 6.45) is -1.67. The zero-order valence-electron chi connectivity index (χ0n) is 13.0. The first-order chi connectivity index (χ1) is 11.6. The number of fused-ring (bicyclic) bond motifs is 1. The number of benzene rings is 2. The molecule has 0 aromatic heterocycles. The van der Waals surface area contributed by atoms with E-state index in [0.717, 1.165) is 5.01 Å². The van der Waals surface area contributed by atoms with Crippen LogP contribution in [0.25, 0.3) is 0 Å². The van der Waals surface area contributed by atoms with Crippen LogP contribution in [0, 0.1) is 5.82 Å². The van der Waals surface area contributed by atoms with Gasteiger partial charge in [0.15, 0.2) is 6.17 Å². The van der Waals surface area contributed by atoms with Crippen molar-refractivity contribution >= 4 is 17.7 Å². The van der Waals surface area contributed by atoms with Crippen LogP contribution in [0.2, 0.25) is 0 Å². The number of para-hydroxylation sites is 1. The molecule has 1 aliphatic rings. The zero-order valence-corrected chi connectivity index (χ0v) is 13.0. The molecular formula is C17H16FN3O3. The first kappa shape index (κ1) is 15.8. The molecule has 7 heteroatoms. The SMILES string of the molecule is CCOC(=O)NN1C(=O)c2ccccc2N[C@H]1c1ccccc1F. The summed E-state index contributed by atoms with van der Waals surface area (Å²) < 4.78 is 19.0. The lowest BCUT2D eigenvalue weighted by Crippen LogP contribution is -2.53. The fourth-order valence-electron chi connectivity index (χ4n) is 2.55. The maximum atomic E-state index is 14.2. The molecule has 1 heterocycles. The van der Waals surface area contributed by atoms with Crippen LogP contribution >= 0.6 is 0 Å². The number of carbonyl (C=O) groups is 2. The molecule has 0 bridgehead atoms. The van der Waals surface area contributed by atoms with E-state index in [2.05, 4.69) is 10.7 Å². The minimum atomic E-state index is -0.891. The quantitative estimate of drug-likeness (QED) is 0.908. The first-order valence-corrected chi connectivity index (χ1v) is 7.48. The Labute approximate surface area is 138 Å². The van der Waals surface area contributed by atoms with Crippen LogP contribution in [0.1, 0.15) is 29.0 Å². The Kier molecular flexibility index (Phi) is 4.33. The van der Waals surface area contributed by atoms with E-state index in [1.165, 1.54) is 6.07 Å². The molecule has 2 aromatic rings. The van der Waals surface area contributed by atoms with Crippen molar-refractivity contribution in [2.75, 3.05) is 11.9 Å². The van der Waals surface area contributed by atoms with E-state index in [1.54, 1.807) is 49.4 Å². The van der Waals surface area contributed by atoms with Gasteiger partial charge in [-0.25, -0.2) is 19.6 Å². The third-order valence-corrected chi connectivity index (χ3v) is 3.61. The summed E-state index contributed by atoms with van der Waals surface area (Å²) in [7, 11) is 0. The van der Waals surface area contributed by atoms with Crippen molar-refractivity contribution in [3.8, 4) is 0 Å². The molecule has 1 atom stereocenters. The van der Waals surface area contributed by atoms with Gasteiger partial charge in [-0.05, 0) is 25.1 Å². The molecule has 124 valence electrons. The molecule has 0 aliphatic carbocycles. The highest BCUT2D eigenvalue weighted by Crippen LogP contribution is 2.32. The van der Waals surface area contributed by atoms with Gasteiger partial charge < -0.3 is 10.1 Å². The van der Waals surface area contributed by atoms with E-state index in [0.29, 0.717) is 11.3 Å². The van der Waals surface area contributed by atoms with Crippen molar-refractivity contribution in [2.45, 2.75) is 13.1 Å². The lowest BCUT2D eigenvalue weighted by Gasteiger charge is -2.37. The maximum absolute atomic E-state index is 14.2. The Morgan fingerprint density at radius 3 is 2.71 bits per heavy atom. The highest BCUT2D eigenvalue weighted by atomic mass is 19.1. The van der Waals surface area contributed by atoms with E-state index >= 15 is 0 Å². The van der Waals surface area contributed by atoms with Gasteiger partial charge >= 0.3 is 6.09 Å². The van der Waals surface area contributed by atoms with Crippen molar-refractivity contribution < 1.29 is 18.7 Å². The van der Waals surface area contributed by atoms with E-state index in [1.807, 2.05) is 0 Å². The topological polar surface area (TPSA) is 70.7 Å². The Hall–Kier alpha value is -3.09. The summed E-state index contributed by atoms with van der Waals surface area (Å²) >= 11 is 0. The largest absolute Gasteiger partial charge is 0.449 e. The Balaban J connectivity index is 2.02. The van der Waals surface area contributed by atoms with Crippen LogP contribution in [0.4, 0.5) is 14.9 Å². The Bertz CT molecular complexity index is 781. The predicted molar refractivity (Wildman–Crippen MR) is 85.5 cm³/mol. The van der Waals surface area contributed by atoms with E-state index < -0.39 is 24.0 Å². The predicted octanol–water partition coefficient (Wildman–Crippen LogP) is 3.05. The van der Waals surface area contributed by atoms with Gasteiger partial charge in [0.25, 0.3) is 5.91 Å². The van der Waals surface area contributed by atoms with Gasteiger partial charge in [0.1, 0.15) is 5.82 Å². The molecular weight excluding hydrogens is 313 g/mol. The maximum Gasteiger partial charge on any atom is 0.426 e. The number of halogens is 1. The minimum Gasteiger partial charge on any atom is -0.449 e. The lowest BCUT2D eigenvalue weighted by atomic mass is 10.0. The summed E-state index contributed by atoms with van der Waals surface area (Å²) in [4.78, 5) is 24.5. The molecule has 0 spiro atoms. The molecule has 0 radical (unpaired) electrons. The Morgan fingerprint density at radius 1 is 1.25 bits per heavy atom. The summed E-state index contributed by atoms with van der Waals surface area (Å²) in [6.45, 7) is 1.81. The number of nitrogens with zero attached hydrogens (tertiary/aromatic N) is 1. The number of ether oxygens (including phenoxy) is 1. The van der Waals surface area contributed by atoms with Crippen molar-refractivity contribution in [3.63, 3.8) is 0 Å². The summed E-state index contributed by atoms with van der Waals surface area (Å²) in [5.74, 6) is -0.941. The van der Waals surface area contributed by atoms with Gasteiger partial charge in [-0.15, -0.1) is 0 Å². The summed E-state index contributed by atoms with van der Waals surface area (Å²) in [5, 5.41) is 4.12. The van der Waals surface area contributed by atoms with E-state index in [4.69, 9.17) is 4.74 Å². The fourth-order valence-corrected chi connectivity index (χ4v) is 2.55. The Morgan fingerprint density at radius 2 is 1.96 bits per heavy atom. The van der Waals surface area contributed by atoms with Crippen LogP contribution < -0.4 is 10.7 Å². The van der Waals surface area contributed by atoms with Crippen LogP contribution in [0.15, 0.2) is 48.5 Å². The van der Waals surface area contributed by atoms with Gasteiger partial charge in [-0.2, -0.15) is 0 Å². The highest BCUT2D eigenvalue weighted by Gasteiger charge is 2.35. The highest BCUT2D eigenvalue weighted by molar-refractivity contribution is 6.02. The number of hydrogen-bond donors (Lipinski definition) is 2. The second kappa shape index (κ2) is 6.57. The molecule has 1 aliphatic heterocycles. The number of carbonyl (C=O) groups excluding carboxylic acids is 2. The van der Waals surface area contributed by atoms with Gasteiger partial charge in [-0.3, -0.25) is 4.79 Å². The molecule has 3 rings (SSSR count). The molecule has 2 aromatic carbocycles. The number of hydrazine groups is 1. The van der Waals surface area contributed by atoms with E-state index in [9.17, 15) is 14.0 Å². The third kappa shape index (κ3) is 2.88. The molecule has 2 N–H and O–H groups in total. The number of rotatable bonds is 3. The fraction of sp³-hybridized carbons (Fsp3) is 0.176. The van der Waals surface area contributed by atoms with Gasteiger partial charge in [-0.1, -0.05) is 30.3 Å². The van der Waals surface area contributed by atoms with Gasteiger partial charge in [0, 0.05) is 11.3 Å². The molecule has 6 nitrogen and oxygen atoms in total. The van der Waals surface area contributed by atoms with Crippen molar-refractivity contribution in [3.05, 3.63) is 65.5 Å². The molecule has 0 saturated carbocycles. The summed E-state index contributed by atoms with van der Waals surface area (Å²) in [5.41, 5.74) is 3.56. The number of amides is 2. The van der Waals surface area contributed by atoms with Crippen molar-refractivity contribution in [1.29, 1.82) is 0 Å². The number of nitrogens with one attached hydrogen (secondary N) is 2. The van der Waals surface area contributed by atoms with Gasteiger partial charge in [0.05, 0.1) is 12.2 Å². The first-order valence-electron chi connectivity index (χ1n) is 7.48. The number of anilines is 1. The molecule has 2 amide bonds. The molecule has 0 saturated heterocycles. The van der Waals surface area contributed by atoms with E-state index in [-0.39, 0.29) is 12.2 Å². The van der Waals surface area contributed by atoms with Crippen molar-refractivity contribution in [2.24, 2.45) is 0 Å². The second-order valence-electron chi connectivity index (χ2n) is 5.12. The third-order valence-electron chi connectivity index (χ3n) is 3.61. The minimum absolute atomic E-state index is 0.155. The average Bonchev–Trinajstić information content (AvgIpc) is 2.58. The van der Waals surface area contributed by atoms with Crippen LogP contribution in [-0.2, 0) is 4.74 Å². The molecule has 0 fully saturated rings. The van der Waals surface area contributed by atoms with Crippen molar-refractivity contribution in [1.82, 2.24) is 10.4 Å². The normalized spacial score (nSPS) is 16.2. The van der Waals surface area contributed by atoms with Gasteiger partial charge in [0.2, 0.25) is 0 Å². The average molecular weight is 329 g/mol. The molecule has 0 unspecified atom stereocenters. The smallest absolute Gasteiger partial charge is 0.426 e. The summed E-state index contributed by atoms with van der Waals surface area (Å²) in [6, 6.07) is 12.9. The molecule has 24 heavy (non-hydrogen) atoms.